The fraction of sp³-hybridized carbons (Fsp3) is 0.273. The molecular weight excluding hydrogens is 475 g/mol. The summed E-state index contributed by atoms with van der Waals surface area (Å²) in [7, 11) is 0. The molecule has 0 aliphatic rings. The molecule has 0 spiro atoms. The van der Waals surface area contributed by atoms with Crippen LogP contribution in [-0.4, -0.2) is 21.3 Å². The van der Waals surface area contributed by atoms with Gasteiger partial charge < -0.3 is 5.32 Å². The van der Waals surface area contributed by atoms with E-state index in [0.717, 1.165) is 12.1 Å². The summed E-state index contributed by atoms with van der Waals surface area (Å²) in [6.45, 7) is 0. The lowest BCUT2D eigenvalue weighted by molar-refractivity contribution is -0.137. The maximum atomic E-state index is 12.3. The largest absolute Gasteiger partial charge is 0.416 e. The number of hydrogen-bond donors (Lipinski definition) is 1. The standard InChI is InChI=1S/C9H7BrF3NO.C2H2Br2O/c10-5-8(15)14-7-3-1-2-6(4-7)9(11,12)13;3-1-2(4)5/h1-4H,5H2,(H,14,15);1H2. The first-order chi connectivity index (χ1) is 9.20. The zero-order valence-electron chi connectivity index (χ0n) is 9.81. The highest BCUT2D eigenvalue weighted by molar-refractivity contribution is 9.19. The van der Waals surface area contributed by atoms with Gasteiger partial charge in [-0.1, -0.05) is 37.9 Å². The van der Waals surface area contributed by atoms with Gasteiger partial charge in [-0.3, -0.25) is 9.59 Å². The molecule has 0 aromatic heterocycles. The Balaban J connectivity index is 0.000000621. The van der Waals surface area contributed by atoms with Crippen molar-refractivity contribution in [1.29, 1.82) is 0 Å². The quantitative estimate of drug-likeness (QED) is 0.513. The molecule has 0 radical (unpaired) electrons. The van der Waals surface area contributed by atoms with Gasteiger partial charge in [-0.15, -0.1) is 0 Å². The smallest absolute Gasteiger partial charge is 0.325 e. The molecule has 0 saturated heterocycles. The molecule has 112 valence electrons. The van der Waals surface area contributed by atoms with E-state index >= 15 is 0 Å². The van der Waals surface area contributed by atoms with Crippen molar-refractivity contribution >= 4 is 64.1 Å². The highest BCUT2D eigenvalue weighted by atomic mass is 79.9. The minimum atomic E-state index is -4.39. The van der Waals surface area contributed by atoms with E-state index in [2.05, 4.69) is 53.1 Å². The molecule has 0 aliphatic heterocycles. The van der Waals surface area contributed by atoms with E-state index < -0.39 is 17.6 Å². The predicted octanol–water partition coefficient (Wildman–Crippen LogP) is 4.34. The number of halogens is 6. The van der Waals surface area contributed by atoms with Gasteiger partial charge in [0.05, 0.1) is 16.2 Å². The second-order valence-electron chi connectivity index (χ2n) is 3.25. The number of nitrogens with one attached hydrogen (secondary N) is 1. The van der Waals surface area contributed by atoms with Crippen LogP contribution in [0.2, 0.25) is 0 Å². The summed E-state index contributed by atoms with van der Waals surface area (Å²) in [6, 6.07) is 4.48. The number of amides is 1. The summed E-state index contributed by atoms with van der Waals surface area (Å²) in [5, 5.41) is 2.76. The average Bonchev–Trinajstić information content (AvgIpc) is 2.38. The van der Waals surface area contributed by atoms with Crippen molar-refractivity contribution in [3.05, 3.63) is 29.8 Å². The van der Waals surface area contributed by atoms with E-state index in [9.17, 15) is 22.8 Å². The summed E-state index contributed by atoms with van der Waals surface area (Å²) in [4.78, 5) is 20.6. The van der Waals surface area contributed by atoms with Crippen LogP contribution in [0.5, 0.6) is 0 Å². The third kappa shape index (κ3) is 8.70. The fourth-order valence-electron chi connectivity index (χ4n) is 0.968. The van der Waals surface area contributed by atoms with Crippen LogP contribution in [0, 0.1) is 0 Å². The van der Waals surface area contributed by atoms with Crippen molar-refractivity contribution in [2.45, 2.75) is 6.18 Å². The first-order valence-corrected chi connectivity index (χ1v) is 8.01. The first kappa shape index (κ1) is 19.6. The maximum Gasteiger partial charge on any atom is 0.416 e. The Hall–Kier alpha value is -0.410. The van der Waals surface area contributed by atoms with E-state index in [-0.39, 0.29) is 15.7 Å². The van der Waals surface area contributed by atoms with Gasteiger partial charge in [0.2, 0.25) is 10.6 Å². The molecule has 0 saturated carbocycles. The number of rotatable bonds is 3. The third-order valence-corrected chi connectivity index (χ3v) is 3.75. The molecule has 1 rings (SSSR count). The molecule has 0 unspecified atom stereocenters. The van der Waals surface area contributed by atoms with Crippen LogP contribution in [-0.2, 0) is 15.8 Å². The molecule has 0 bridgehead atoms. The number of hydrogen-bond acceptors (Lipinski definition) is 2. The zero-order chi connectivity index (χ0) is 15.8. The summed E-state index contributed by atoms with van der Waals surface area (Å²) >= 11 is 8.50. The van der Waals surface area contributed by atoms with E-state index in [0.29, 0.717) is 5.33 Å². The Morgan fingerprint density at radius 1 is 1.15 bits per heavy atom. The number of alkyl halides is 5. The highest BCUT2D eigenvalue weighted by Gasteiger charge is 2.30. The molecule has 1 aromatic rings. The summed E-state index contributed by atoms with van der Waals surface area (Å²) in [6.07, 6.45) is -4.39. The van der Waals surface area contributed by atoms with Gasteiger partial charge in [0.15, 0.2) is 0 Å². The van der Waals surface area contributed by atoms with Crippen LogP contribution in [0.25, 0.3) is 0 Å². The van der Waals surface area contributed by atoms with Crippen LogP contribution in [0.4, 0.5) is 18.9 Å². The van der Waals surface area contributed by atoms with Gasteiger partial charge in [-0.05, 0) is 34.1 Å². The van der Waals surface area contributed by atoms with E-state index in [1.165, 1.54) is 12.1 Å². The fourth-order valence-corrected chi connectivity index (χ4v) is 1.11. The molecule has 0 heterocycles. The Kier molecular flexibility index (Phi) is 9.32. The van der Waals surface area contributed by atoms with E-state index in [1.54, 1.807) is 0 Å². The molecule has 0 fully saturated rings. The Labute approximate surface area is 138 Å². The molecule has 9 heteroatoms. The third-order valence-electron chi connectivity index (χ3n) is 1.70. The van der Waals surface area contributed by atoms with Crippen LogP contribution in [0.3, 0.4) is 0 Å². The summed E-state index contributed by atoms with van der Waals surface area (Å²) in [5.41, 5.74) is -0.649. The van der Waals surface area contributed by atoms with Crippen molar-refractivity contribution in [3.63, 3.8) is 0 Å². The Bertz CT molecular complexity index is 466. The second-order valence-corrected chi connectivity index (χ2v) is 5.26. The minimum Gasteiger partial charge on any atom is -0.325 e. The molecule has 1 aromatic carbocycles. The van der Waals surface area contributed by atoms with Gasteiger partial charge in [-0.25, -0.2) is 0 Å². The topological polar surface area (TPSA) is 46.2 Å². The molecule has 3 nitrogen and oxygen atoms in total. The normalized spacial score (nSPS) is 10.3. The van der Waals surface area contributed by atoms with Crippen LogP contribution in [0.1, 0.15) is 5.56 Å². The van der Waals surface area contributed by atoms with E-state index in [4.69, 9.17) is 0 Å². The molecule has 1 amide bonds. The van der Waals surface area contributed by atoms with Crippen LogP contribution < -0.4 is 5.32 Å². The van der Waals surface area contributed by atoms with Crippen LogP contribution >= 0.6 is 47.8 Å². The second kappa shape index (κ2) is 9.51. The summed E-state index contributed by atoms with van der Waals surface area (Å²) < 4.78 is 36.8. The van der Waals surface area contributed by atoms with Gasteiger partial charge in [0.1, 0.15) is 0 Å². The van der Waals surface area contributed by atoms with Crippen molar-refractivity contribution in [2.24, 2.45) is 0 Å². The zero-order valence-corrected chi connectivity index (χ0v) is 14.6. The monoisotopic (exact) mass is 481 g/mol. The number of carbonyl (C=O) groups is 2. The SMILES string of the molecule is O=C(Br)CBr.O=C(CBr)Nc1cccc(C(F)(F)F)c1. The number of benzene rings is 1. The Morgan fingerprint density at radius 3 is 2.10 bits per heavy atom. The molecular formula is C11H9Br3F3NO2. The van der Waals surface area contributed by atoms with E-state index in [1.807, 2.05) is 0 Å². The van der Waals surface area contributed by atoms with Crippen molar-refractivity contribution in [3.8, 4) is 0 Å². The summed E-state index contributed by atoms with van der Waals surface area (Å²) in [5.74, 6) is -0.394. The van der Waals surface area contributed by atoms with Gasteiger partial charge in [-0.2, -0.15) is 13.2 Å². The highest BCUT2D eigenvalue weighted by Crippen LogP contribution is 2.30. The van der Waals surface area contributed by atoms with Crippen LogP contribution in [0.15, 0.2) is 24.3 Å². The minimum absolute atomic E-state index is 0.0162. The molecule has 1 N–H and O–H groups in total. The molecule has 0 aliphatic carbocycles. The Morgan fingerprint density at radius 2 is 1.70 bits per heavy atom. The number of carbonyl (C=O) groups excluding carboxylic acids is 2. The lowest BCUT2D eigenvalue weighted by atomic mass is 10.2. The van der Waals surface area contributed by atoms with Crippen molar-refractivity contribution in [2.75, 3.05) is 16.0 Å². The lowest BCUT2D eigenvalue weighted by Crippen LogP contribution is -2.13. The first-order valence-electron chi connectivity index (χ1n) is 4.98. The lowest BCUT2D eigenvalue weighted by Gasteiger charge is -2.08. The maximum absolute atomic E-state index is 12.3. The van der Waals surface area contributed by atoms with Crippen molar-refractivity contribution in [1.82, 2.24) is 0 Å². The molecule has 0 atom stereocenters. The number of anilines is 1. The van der Waals surface area contributed by atoms with Gasteiger partial charge >= 0.3 is 6.18 Å². The van der Waals surface area contributed by atoms with Crippen molar-refractivity contribution < 1.29 is 22.8 Å². The predicted molar refractivity (Wildman–Crippen MR) is 81.6 cm³/mol. The van der Waals surface area contributed by atoms with Gasteiger partial charge in [0.25, 0.3) is 0 Å². The van der Waals surface area contributed by atoms with Gasteiger partial charge in [0, 0.05) is 5.69 Å². The molecule has 20 heavy (non-hydrogen) atoms. The average molecular weight is 484 g/mol.